The number of carbonyl (C=O) groups is 1. The van der Waals surface area contributed by atoms with Crippen molar-refractivity contribution in [3.63, 3.8) is 0 Å². The summed E-state index contributed by atoms with van der Waals surface area (Å²) in [5.74, 6) is -0.539. The van der Waals surface area contributed by atoms with Gasteiger partial charge in [-0.15, -0.1) is 0 Å². The fourth-order valence-electron chi connectivity index (χ4n) is 1.69. The third kappa shape index (κ3) is 3.27. The zero-order chi connectivity index (χ0) is 13.0. The molecule has 0 aliphatic carbocycles. The first-order valence-corrected chi connectivity index (χ1v) is 5.49. The van der Waals surface area contributed by atoms with E-state index in [2.05, 4.69) is 0 Å². The first kappa shape index (κ1) is 13.6. The molecule has 4 heteroatoms. The molecule has 0 aromatic heterocycles. The van der Waals surface area contributed by atoms with Crippen molar-refractivity contribution in [1.29, 1.82) is 0 Å². The SMILES string of the molecule is COCC(C)N(C)c1ccc(F)cc1C(C)=O. The number of ether oxygens (including phenoxy) is 1. The molecule has 1 unspecified atom stereocenters. The smallest absolute Gasteiger partial charge is 0.161 e. The highest BCUT2D eigenvalue weighted by atomic mass is 19.1. The normalized spacial score (nSPS) is 12.3. The van der Waals surface area contributed by atoms with Crippen molar-refractivity contribution in [2.75, 3.05) is 25.7 Å². The van der Waals surface area contributed by atoms with Crippen molar-refractivity contribution in [2.45, 2.75) is 19.9 Å². The maximum absolute atomic E-state index is 13.1. The van der Waals surface area contributed by atoms with Crippen LogP contribution in [-0.4, -0.2) is 32.6 Å². The van der Waals surface area contributed by atoms with Gasteiger partial charge in [-0.05, 0) is 32.0 Å². The van der Waals surface area contributed by atoms with Crippen LogP contribution in [0.15, 0.2) is 18.2 Å². The van der Waals surface area contributed by atoms with Gasteiger partial charge in [-0.1, -0.05) is 0 Å². The summed E-state index contributed by atoms with van der Waals surface area (Å²) in [6, 6.07) is 4.37. The quantitative estimate of drug-likeness (QED) is 0.739. The molecular formula is C13H18FNO2. The lowest BCUT2D eigenvalue weighted by molar-refractivity contribution is 0.101. The number of benzene rings is 1. The summed E-state index contributed by atoms with van der Waals surface area (Å²) in [7, 11) is 3.49. The zero-order valence-corrected chi connectivity index (χ0v) is 10.7. The molecule has 0 spiro atoms. The molecule has 0 radical (unpaired) electrons. The van der Waals surface area contributed by atoms with E-state index in [1.807, 2.05) is 18.9 Å². The number of anilines is 1. The highest BCUT2D eigenvalue weighted by Crippen LogP contribution is 2.23. The van der Waals surface area contributed by atoms with Crippen molar-refractivity contribution >= 4 is 11.5 Å². The average molecular weight is 239 g/mol. The number of likely N-dealkylation sites (N-methyl/N-ethyl adjacent to an activating group) is 1. The van der Waals surface area contributed by atoms with Crippen LogP contribution < -0.4 is 4.90 Å². The van der Waals surface area contributed by atoms with Gasteiger partial charge in [-0.2, -0.15) is 0 Å². The minimum Gasteiger partial charge on any atom is -0.383 e. The lowest BCUT2D eigenvalue weighted by atomic mass is 10.1. The summed E-state index contributed by atoms with van der Waals surface area (Å²) >= 11 is 0. The average Bonchev–Trinajstić information content (AvgIpc) is 2.28. The molecule has 0 N–H and O–H groups in total. The summed E-state index contributed by atoms with van der Waals surface area (Å²) < 4.78 is 18.2. The Balaban J connectivity index is 3.08. The van der Waals surface area contributed by atoms with E-state index in [1.165, 1.54) is 19.1 Å². The Hall–Kier alpha value is -1.42. The van der Waals surface area contributed by atoms with E-state index in [0.717, 1.165) is 5.69 Å². The Morgan fingerprint density at radius 1 is 1.53 bits per heavy atom. The molecule has 0 aliphatic rings. The fourth-order valence-corrected chi connectivity index (χ4v) is 1.69. The van der Waals surface area contributed by atoms with Gasteiger partial charge in [-0.25, -0.2) is 4.39 Å². The van der Waals surface area contributed by atoms with Gasteiger partial charge in [0.2, 0.25) is 0 Å². The fraction of sp³-hybridized carbons (Fsp3) is 0.462. The number of Topliss-reactive ketones (excluding diaryl/α,β-unsaturated/α-hetero) is 1. The third-order valence-corrected chi connectivity index (χ3v) is 2.79. The Labute approximate surface area is 101 Å². The molecule has 1 atom stereocenters. The van der Waals surface area contributed by atoms with Gasteiger partial charge >= 0.3 is 0 Å². The van der Waals surface area contributed by atoms with Crippen LogP contribution in [-0.2, 0) is 4.74 Å². The Morgan fingerprint density at radius 3 is 2.71 bits per heavy atom. The minimum atomic E-state index is -0.397. The molecule has 1 aromatic rings. The predicted molar refractivity (Wildman–Crippen MR) is 66.1 cm³/mol. The second-order valence-electron chi connectivity index (χ2n) is 4.13. The number of halogens is 1. The van der Waals surface area contributed by atoms with Crippen molar-refractivity contribution in [1.82, 2.24) is 0 Å². The van der Waals surface area contributed by atoms with E-state index in [4.69, 9.17) is 4.74 Å². The number of ketones is 1. The molecule has 0 amide bonds. The van der Waals surface area contributed by atoms with Gasteiger partial charge in [0.25, 0.3) is 0 Å². The van der Waals surface area contributed by atoms with Crippen LogP contribution in [0.2, 0.25) is 0 Å². The lowest BCUT2D eigenvalue weighted by Gasteiger charge is -2.28. The van der Waals surface area contributed by atoms with E-state index in [9.17, 15) is 9.18 Å². The van der Waals surface area contributed by atoms with Crippen molar-refractivity contribution < 1.29 is 13.9 Å². The Morgan fingerprint density at radius 2 is 2.18 bits per heavy atom. The maximum atomic E-state index is 13.1. The summed E-state index contributed by atoms with van der Waals surface area (Å²) in [5, 5.41) is 0. The van der Waals surface area contributed by atoms with Crippen LogP contribution in [0, 0.1) is 5.82 Å². The number of hydrogen-bond acceptors (Lipinski definition) is 3. The maximum Gasteiger partial charge on any atom is 0.161 e. The van der Waals surface area contributed by atoms with Crippen molar-refractivity contribution in [3.05, 3.63) is 29.6 Å². The van der Waals surface area contributed by atoms with Crippen molar-refractivity contribution in [3.8, 4) is 0 Å². The van der Waals surface area contributed by atoms with Gasteiger partial charge in [0, 0.05) is 31.5 Å². The first-order valence-electron chi connectivity index (χ1n) is 5.49. The van der Waals surface area contributed by atoms with E-state index >= 15 is 0 Å². The molecule has 0 fully saturated rings. The zero-order valence-electron chi connectivity index (χ0n) is 10.7. The molecule has 94 valence electrons. The van der Waals surface area contributed by atoms with Crippen LogP contribution in [0.5, 0.6) is 0 Å². The molecule has 0 aliphatic heterocycles. The number of carbonyl (C=O) groups excluding carboxylic acids is 1. The highest BCUT2D eigenvalue weighted by Gasteiger charge is 2.16. The number of nitrogens with zero attached hydrogens (tertiary/aromatic N) is 1. The first-order chi connectivity index (χ1) is 7.97. The highest BCUT2D eigenvalue weighted by molar-refractivity contribution is 5.99. The van der Waals surface area contributed by atoms with Gasteiger partial charge in [-0.3, -0.25) is 4.79 Å². The van der Waals surface area contributed by atoms with E-state index < -0.39 is 5.82 Å². The molecule has 1 aromatic carbocycles. The van der Waals surface area contributed by atoms with E-state index in [-0.39, 0.29) is 11.8 Å². The topological polar surface area (TPSA) is 29.5 Å². The molecule has 17 heavy (non-hydrogen) atoms. The van der Waals surface area contributed by atoms with E-state index in [0.29, 0.717) is 12.2 Å². The van der Waals surface area contributed by atoms with Gasteiger partial charge in [0.05, 0.1) is 6.61 Å². The summed E-state index contributed by atoms with van der Waals surface area (Å²) in [5.41, 5.74) is 1.12. The number of hydrogen-bond donors (Lipinski definition) is 0. The Bertz CT molecular complexity index is 406. The third-order valence-electron chi connectivity index (χ3n) is 2.79. The number of rotatable bonds is 5. The minimum absolute atomic E-state index is 0.114. The molecule has 0 heterocycles. The molecule has 0 saturated carbocycles. The standard InChI is InChI=1S/C13H18FNO2/c1-9(8-17-4)15(3)13-6-5-11(14)7-12(13)10(2)16/h5-7,9H,8H2,1-4H3. The van der Waals surface area contributed by atoms with Gasteiger partial charge in [0.1, 0.15) is 5.82 Å². The van der Waals surface area contributed by atoms with E-state index in [1.54, 1.807) is 13.2 Å². The number of methoxy groups -OCH3 is 1. The second kappa shape index (κ2) is 5.77. The molecule has 3 nitrogen and oxygen atoms in total. The molecule has 1 rings (SSSR count). The van der Waals surface area contributed by atoms with Crippen LogP contribution in [0.1, 0.15) is 24.2 Å². The largest absolute Gasteiger partial charge is 0.383 e. The summed E-state index contributed by atoms with van der Waals surface area (Å²) in [6.07, 6.45) is 0. The van der Waals surface area contributed by atoms with Crippen LogP contribution in [0.25, 0.3) is 0 Å². The molecule has 0 bridgehead atoms. The lowest BCUT2D eigenvalue weighted by Crippen LogP contribution is -2.33. The van der Waals surface area contributed by atoms with Crippen LogP contribution in [0.4, 0.5) is 10.1 Å². The Kier molecular flexibility index (Phi) is 4.63. The second-order valence-corrected chi connectivity index (χ2v) is 4.13. The monoisotopic (exact) mass is 239 g/mol. The van der Waals surface area contributed by atoms with Crippen LogP contribution >= 0.6 is 0 Å². The predicted octanol–water partition coefficient (Wildman–Crippen LogP) is 2.50. The summed E-state index contributed by atoms with van der Waals surface area (Å²) in [4.78, 5) is 13.4. The molecule has 0 saturated heterocycles. The van der Waals surface area contributed by atoms with Crippen molar-refractivity contribution in [2.24, 2.45) is 0 Å². The van der Waals surface area contributed by atoms with Crippen LogP contribution in [0.3, 0.4) is 0 Å². The molecular weight excluding hydrogens is 221 g/mol. The van der Waals surface area contributed by atoms with Gasteiger partial charge in [0.15, 0.2) is 5.78 Å². The summed E-state index contributed by atoms with van der Waals surface area (Å²) in [6.45, 7) is 3.97. The van der Waals surface area contributed by atoms with Gasteiger partial charge < -0.3 is 9.64 Å².